The molecular formula is C28H34ClN7O5. The number of methoxy groups -OCH3 is 1. The highest BCUT2D eigenvalue weighted by atomic mass is 35.5. The quantitative estimate of drug-likeness (QED) is 0.174. The molecule has 13 heteroatoms. The summed E-state index contributed by atoms with van der Waals surface area (Å²) in [5.41, 5.74) is 6.44. The maximum atomic E-state index is 13.3. The number of aromatic amines is 1. The third kappa shape index (κ3) is 7.41. The van der Waals surface area contributed by atoms with Crippen LogP contribution < -0.4 is 31.5 Å². The van der Waals surface area contributed by atoms with E-state index in [1.165, 1.54) is 11.7 Å². The third-order valence-corrected chi connectivity index (χ3v) is 6.15. The number of rotatable bonds is 13. The molecule has 0 aliphatic rings. The first-order valence-corrected chi connectivity index (χ1v) is 13.1. The molecule has 4 rings (SSSR count). The molecule has 41 heavy (non-hydrogen) atoms. The number of fused-ring (bicyclic) bond motifs is 1. The highest BCUT2D eigenvalue weighted by Crippen LogP contribution is 2.27. The van der Waals surface area contributed by atoms with Gasteiger partial charge in [-0.15, -0.1) is 12.4 Å². The SMILES string of the molecule is CCOc1ccc(-c2nc(C(=O)NCCCCCNC(=O)CN)c3[nH]c(=O)n(-c4ccccc4OC)c3n2)cc1.Cl. The molecule has 0 atom stereocenters. The summed E-state index contributed by atoms with van der Waals surface area (Å²) in [7, 11) is 1.52. The van der Waals surface area contributed by atoms with Gasteiger partial charge in [-0.2, -0.15) is 0 Å². The Labute approximate surface area is 243 Å². The number of carbonyl (C=O) groups is 2. The highest BCUT2D eigenvalue weighted by molar-refractivity contribution is 6.03. The summed E-state index contributed by atoms with van der Waals surface area (Å²) in [4.78, 5) is 49.7. The topological polar surface area (TPSA) is 166 Å². The number of hydrogen-bond donors (Lipinski definition) is 4. The molecular weight excluding hydrogens is 550 g/mol. The van der Waals surface area contributed by atoms with Crippen LogP contribution in [0, 0.1) is 0 Å². The predicted molar refractivity (Wildman–Crippen MR) is 158 cm³/mol. The summed E-state index contributed by atoms with van der Waals surface area (Å²) in [6.07, 6.45) is 2.25. The molecule has 0 bridgehead atoms. The molecule has 0 aliphatic carbocycles. The van der Waals surface area contributed by atoms with Crippen molar-refractivity contribution < 1.29 is 19.1 Å². The van der Waals surface area contributed by atoms with Crippen molar-refractivity contribution >= 4 is 35.4 Å². The number of nitrogens with one attached hydrogen (secondary N) is 3. The number of ether oxygens (including phenoxy) is 2. The fourth-order valence-electron chi connectivity index (χ4n) is 4.20. The Kier molecular flexibility index (Phi) is 11.2. The van der Waals surface area contributed by atoms with Crippen molar-refractivity contribution in [3.05, 3.63) is 64.7 Å². The summed E-state index contributed by atoms with van der Waals surface area (Å²) in [6.45, 7) is 3.31. The van der Waals surface area contributed by atoms with Crippen molar-refractivity contribution in [3.63, 3.8) is 0 Å². The van der Waals surface area contributed by atoms with Crippen LogP contribution in [0.15, 0.2) is 53.3 Å². The van der Waals surface area contributed by atoms with Gasteiger partial charge >= 0.3 is 5.69 Å². The van der Waals surface area contributed by atoms with E-state index in [9.17, 15) is 14.4 Å². The smallest absolute Gasteiger partial charge is 0.332 e. The number of amides is 2. The first kappa shape index (κ1) is 31.1. The Morgan fingerprint density at radius 3 is 2.39 bits per heavy atom. The Hall–Kier alpha value is -4.42. The number of nitrogens with zero attached hydrogens (tertiary/aromatic N) is 3. The van der Waals surface area contributed by atoms with Crippen molar-refractivity contribution in [3.8, 4) is 28.6 Å². The maximum Gasteiger partial charge on any atom is 0.332 e. The second kappa shape index (κ2) is 14.8. The van der Waals surface area contributed by atoms with Gasteiger partial charge in [0.1, 0.15) is 17.0 Å². The molecule has 2 heterocycles. The molecule has 5 N–H and O–H groups in total. The molecule has 2 aromatic carbocycles. The average Bonchev–Trinajstić information content (AvgIpc) is 3.31. The van der Waals surface area contributed by atoms with Crippen LogP contribution in [0.25, 0.3) is 28.2 Å². The zero-order chi connectivity index (χ0) is 28.5. The predicted octanol–water partition coefficient (Wildman–Crippen LogP) is 2.58. The number of hydrogen-bond acceptors (Lipinski definition) is 8. The molecule has 12 nitrogen and oxygen atoms in total. The molecule has 0 spiro atoms. The number of aromatic nitrogens is 4. The highest BCUT2D eigenvalue weighted by Gasteiger charge is 2.22. The number of halogens is 1. The summed E-state index contributed by atoms with van der Waals surface area (Å²) >= 11 is 0. The monoisotopic (exact) mass is 583 g/mol. The van der Waals surface area contributed by atoms with Gasteiger partial charge in [-0.05, 0) is 62.6 Å². The van der Waals surface area contributed by atoms with E-state index < -0.39 is 11.6 Å². The van der Waals surface area contributed by atoms with Crippen LogP contribution in [0.5, 0.6) is 11.5 Å². The molecule has 218 valence electrons. The van der Waals surface area contributed by atoms with Gasteiger partial charge in [0.25, 0.3) is 5.91 Å². The normalized spacial score (nSPS) is 10.6. The number of para-hydroxylation sites is 2. The van der Waals surface area contributed by atoms with Gasteiger partial charge in [0.15, 0.2) is 17.2 Å². The molecule has 2 amide bonds. The second-order valence-corrected chi connectivity index (χ2v) is 8.86. The molecule has 0 fully saturated rings. The third-order valence-electron chi connectivity index (χ3n) is 6.15. The van der Waals surface area contributed by atoms with E-state index >= 15 is 0 Å². The van der Waals surface area contributed by atoms with Gasteiger partial charge in [-0.3, -0.25) is 9.59 Å². The first-order chi connectivity index (χ1) is 19.5. The van der Waals surface area contributed by atoms with E-state index in [1.807, 2.05) is 6.92 Å². The van der Waals surface area contributed by atoms with Crippen LogP contribution in [0.3, 0.4) is 0 Å². The Bertz CT molecular complexity index is 1540. The van der Waals surface area contributed by atoms with Crippen molar-refractivity contribution in [1.29, 1.82) is 0 Å². The fraction of sp³-hybridized carbons (Fsp3) is 0.321. The Morgan fingerprint density at radius 2 is 1.71 bits per heavy atom. The van der Waals surface area contributed by atoms with Crippen molar-refractivity contribution in [1.82, 2.24) is 30.2 Å². The van der Waals surface area contributed by atoms with Gasteiger partial charge < -0.3 is 30.8 Å². The van der Waals surface area contributed by atoms with Gasteiger partial charge in [0.05, 0.1) is 25.9 Å². The minimum absolute atomic E-state index is 0. The fourth-order valence-corrected chi connectivity index (χ4v) is 4.20. The summed E-state index contributed by atoms with van der Waals surface area (Å²) < 4.78 is 12.4. The van der Waals surface area contributed by atoms with Gasteiger partial charge in [-0.1, -0.05) is 12.1 Å². The number of nitrogens with two attached hydrogens (primary N) is 1. The van der Waals surface area contributed by atoms with Gasteiger partial charge in [0, 0.05) is 18.7 Å². The van der Waals surface area contributed by atoms with E-state index in [1.54, 1.807) is 48.5 Å². The molecule has 0 radical (unpaired) electrons. The summed E-state index contributed by atoms with van der Waals surface area (Å²) in [5, 5.41) is 5.60. The average molecular weight is 584 g/mol. The summed E-state index contributed by atoms with van der Waals surface area (Å²) in [5.74, 6) is 0.808. The van der Waals surface area contributed by atoms with Crippen LogP contribution in [-0.2, 0) is 4.79 Å². The second-order valence-electron chi connectivity index (χ2n) is 8.86. The lowest BCUT2D eigenvalue weighted by molar-refractivity contribution is -0.119. The first-order valence-electron chi connectivity index (χ1n) is 13.1. The molecule has 0 saturated heterocycles. The number of benzene rings is 2. The number of imidazole rings is 1. The summed E-state index contributed by atoms with van der Waals surface area (Å²) in [6, 6.07) is 14.3. The van der Waals surface area contributed by atoms with E-state index in [0.29, 0.717) is 48.9 Å². The lowest BCUT2D eigenvalue weighted by Crippen LogP contribution is -2.31. The van der Waals surface area contributed by atoms with Crippen LogP contribution in [-0.4, -0.2) is 64.7 Å². The molecule has 0 unspecified atom stereocenters. The number of carbonyl (C=O) groups excluding carboxylic acids is 2. The lowest BCUT2D eigenvalue weighted by Gasteiger charge is -2.11. The minimum Gasteiger partial charge on any atom is -0.495 e. The molecule has 2 aromatic heterocycles. The maximum absolute atomic E-state index is 13.3. The largest absolute Gasteiger partial charge is 0.495 e. The van der Waals surface area contributed by atoms with Crippen molar-refractivity contribution in [2.24, 2.45) is 5.73 Å². The van der Waals surface area contributed by atoms with Gasteiger partial charge in [0.2, 0.25) is 5.91 Å². The van der Waals surface area contributed by atoms with Crippen molar-refractivity contribution in [2.45, 2.75) is 26.2 Å². The van der Waals surface area contributed by atoms with Crippen LogP contribution in [0.2, 0.25) is 0 Å². The minimum atomic E-state index is -0.480. The standard InChI is InChI=1S/C28H33N7O5.ClH/c1-3-40-19-13-11-18(12-14-19)25-32-24(27(37)31-16-8-4-7-15-30-22(36)17-29)23-26(34-25)35(28(38)33-23)20-9-5-6-10-21(20)39-2;/h5-6,9-14H,3-4,7-8,15-17,29H2,1-2H3,(H,30,36)(H,31,37)(H,33,38);1H. The van der Waals surface area contributed by atoms with Gasteiger partial charge in [-0.25, -0.2) is 19.3 Å². The van der Waals surface area contributed by atoms with E-state index in [0.717, 1.165) is 12.8 Å². The molecule has 0 aliphatic heterocycles. The zero-order valence-corrected chi connectivity index (χ0v) is 23.8. The molecule has 4 aromatic rings. The van der Waals surface area contributed by atoms with Crippen molar-refractivity contribution in [2.75, 3.05) is 33.4 Å². The Balaban J connectivity index is 0.00000462. The number of unbranched alkanes of at least 4 members (excludes halogenated alkanes) is 2. The van der Waals surface area contributed by atoms with E-state index in [2.05, 4.69) is 25.6 Å². The number of H-pyrrole nitrogens is 1. The van der Waals surface area contributed by atoms with Crippen LogP contribution >= 0.6 is 12.4 Å². The van der Waals surface area contributed by atoms with Crippen LogP contribution in [0.1, 0.15) is 36.7 Å². The van der Waals surface area contributed by atoms with E-state index in [-0.39, 0.29) is 47.5 Å². The lowest BCUT2D eigenvalue weighted by atomic mass is 10.2. The molecule has 0 saturated carbocycles. The van der Waals surface area contributed by atoms with E-state index in [4.69, 9.17) is 15.2 Å². The van der Waals surface area contributed by atoms with Crippen LogP contribution in [0.4, 0.5) is 0 Å². The zero-order valence-electron chi connectivity index (χ0n) is 22.9. The Morgan fingerprint density at radius 1 is 1.00 bits per heavy atom.